The minimum atomic E-state index is 0.115. The van der Waals surface area contributed by atoms with Gasteiger partial charge < -0.3 is 10.1 Å². The molecular formula is C16H24ClN3O2. The first-order chi connectivity index (χ1) is 10.6. The zero-order valence-electron chi connectivity index (χ0n) is 13.2. The van der Waals surface area contributed by atoms with Gasteiger partial charge in [0, 0.05) is 12.5 Å². The molecule has 0 saturated heterocycles. The molecule has 1 aromatic rings. The lowest BCUT2D eigenvalue weighted by atomic mass is 9.92. The molecule has 122 valence electrons. The van der Waals surface area contributed by atoms with Gasteiger partial charge in [-0.1, -0.05) is 31.9 Å². The molecule has 0 radical (unpaired) electrons. The van der Waals surface area contributed by atoms with Gasteiger partial charge in [0.05, 0.1) is 17.4 Å². The maximum absolute atomic E-state index is 11.9. The van der Waals surface area contributed by atoms with E-state index >= 15 is 0 Å². The molecule has 1 atom stereocenters. The van der Waals surface area contributed by atoms with Crippen molar-refractivity contribution in [2.75, 3.05) is 0 Å². The number of hydrogen-bond acceptors (Lipinski definition) is 4. The van der Waals surface area contributed by atoms with E-state index in [1.165, 1.54) is 12.4 Å². The first kappa shape index (κ1) is 17.0. The first-order valence-electron chi connectivity index (χ1n) is 8.00. The van der Waals surface area contributed by atoms with Crippen LogP contribution in [0.1, 0.15) is 52.4 Å². The number of amides is 1. The summed E-state index contributed by atoms with van der Waals surface area (Å²) in [5.74, 6) is 0.612. The molecule has 0 spiro atoms. The highest BCUT2D eigenvalue weighted by atomic mass is 35.5. The highest BCUT2D eigenvalue weighted by Crippen LogP contribution is 2.22. The maximum atomic E-state index is 11.9. The highest BCUT2D eigenvalue weighted by Gasteiger charge is 2.24. The predicted molar refractivity (Wildman–Crippen MR) is 85.9 cm³/mol. The maximum Gasteiger partial charge on any atom is 0.316 e. The quantitative estimate of drug-likeness (QED) is 0.871. The molecule has 1 unspecified atom stereocenters. The van der Waals surface area contributed by atoms with E-state index in [1.807, 2.05) is 0 Å². The van der Waals surface area contributed by atoms with Gasteiger partial charge in [0.2, 0.25) is 5.91 Å². The van der Waals surface area contributed by atoms with Gasteiger partial charge in [0.15, 0.2) is 0 Å². The van der Waals surface area contributed by atoms with Crippen LogP contribution in [0.3, 0.4) is 0 Å². The fraction of sp³-hybridized carbons (Fsp3) is 0.688. The summed E-state index contributed by atoms with van der Waals surface area (Å²) in [5.41, 5.74) is 0. The smallest absolute Gasteiger partial charge is 0.316 e. The van der Waals surface area contributed by atoms with E-state index in [0.717, 1.165) is 32.1 Å². The van der Waals surface area contributed by atoms with Crippen LogP contribution in [-0.4, -0.2) is 28.0 Å². The van der Waals surface area contributed by atoms with Crippen LogP contribution >= 0.6 is 11.6 Å². The van der Waals surface area contributed by atoms with Crippen molar-refractivity contribution in [3.63, 3.8) is 0 Å². The Hall–Kier alpha value is -1.36. The Morgan fingerprint density at radius 1 is 1.36 bits per heavy atom. The fourth-order valence-electron chi connectivity index (χ4n) is 2.58. The van der Waals surface area contributed by atoms with Crippen LogP contribution in [0.15, 0.2) is 12.4 Å². The summed E-state index contributed by atoms with van der Waals surface area (Å²) in [6, 6.07) is 0.635. The fourth-order valence-corrected chi connectivity index (χ4v) is 2.68. The molecule has 1 saturated carbocycles. The van der Waals surface area contributed by atoms with Crippen molar-refractivity contribution in [1.82, 2.24) is 15.3 Å². The Kier molecular flexibility index (Phi) is 6.43. The molecular weight excluding hydrogens is 302 g/mol. The van der Waals surface area contributed by atoms with Gasteiger partial charge in [-0.05, 0) is 31.6 Å². The van der Waals surface area contributed by atoms with E-state index in [0.29, 0.717) is 23.4 Å². The SMILES string of the molecule is CCC(C)CC(=O)NC1CCC(Oc2ncc(Cl)cn2)CC1. The lowest BCUT2D eigenvalue weighted by molar-refractivity contribution is -0.123. The second kappa shape index (κ2) is 8.32. The predicted octanol–water partition coefficient (Wildman–Crippen LogP) is 3.37. The van der Waals surface area contributed by atoms with Crippen LogP contribution in [-0.2, 0) is 4.79 Å². The van der Waals surface area contributed by atoms with Gasteiger partial charge >= 0.3 is 6.01 Å². The zero-order chi connectivity index (χ0) is 15.9. The van der Waals surface area contributed by atoms with Crippen molar-refractivity contribution in [1.29, 1.82) is 0 Å². The average molecular weight is 326 g/mol. The van der Waals surface area contributed by atoms with Gasteiger partial charge in [0.1, 0.15) is 6.10 Å². The second-order valence-corrected chi connectivity index (χ2v) is 6.50. The molecule has 0 aromatic carbocycles. The molecule has 0 aliphatic heterocycles. The molecule has 1 aromatic heterocycles. The summed E-state index contributed by atoms with van der Waals surface area (Å²) in [6.45, 7) is 4.22. The molecule has 2 rings (SSSR count). The van der Waals surface area contributed by atoms with Crippen LogP contribution in [0, 0.1) is 5.92 Å². The van der Waals surface area contributed by atoms with Crippen molar-refractivity contribution < 1.29 is 9.53 Å². The van der Waals surface area contributed by atoms with Crippen LogP contribution in [0.25, 0.3) is 0 Å². The minimum absolute atomic E-state index is 0.115. The summed E-state index contributed by atoms with van der Waals surface area (Å²) in [4.78, 5) is 20.0. The highest BCUT2D eigenvalue weighted by molar-refractivity contribution is 6.30. The molecule has 5 nitrogen and oxygen atoms in total. The Labute approximate surface area is 136 Å². The molecule has 1 aliphatic rings. The summed E-state index contributed by atoms with van der Waals surface area (Å²) < 4.78 is 5.75. The minimum Gasteiger partial charge on any atom is -0.460 e. The normalized spacial score (nSPS) is 22.9. The topological polar surface area (TPSA) is 64.1 Å². The molecule has 1 fully saturated rings. The third-order valence-corrected chi connectivity index (χ3v) is 4.33. The van der Waals surface area contributed by atoms with Gasteiger partial charge in [-0.15, -0.1) is 0 Å². The third kappa shape index (κ3) is 5.44. The number of ether oxygens (including phenoxy) is 1. The van der Waals surface area contributed by atoms with Gasteiger partial charge in [-0.25, -0.2) is 9.97 Å². The van der Waals surface area contributed by atoms with Crippen molar-refractivity contribution in [2.45, 2.75) is 64.5 Å². The van der Waals surface area contributed by atoms with E-state index in [9.17, 15) is 4.79 Å². The number of aromatic nitrogens is 2. The van der Waals surface area contributed by atoms with E-state index < -0.39 is 0 Å². The van der Waals surface area contributed by atoms with E-state index in [-0.39, 0.29) is 18.1 Å². The lowest BCUT2D eigenvalue weighted by Gasteiger charge is -2.29. The Bertz CT molecular complexity index is 473. The molecule has 1 aliphatic carbocycles. The number of halogens is 1. The number of nitrogens with zero attached hydrogens (tertiary/aromatic N) is 2. The van der Waals surface area contributed by atoms with Crippen LogP contribution in [0.2, 0.25) is 5.02 Å². The van der Waals surface area contributed by atoms with Crippen molar-refractivity contribution in [3.8, 4) is 6.01 Å². The van der Waals surface area contributed by atoms with E-state index in [4.69, 9.17) is 16.3 Å². The number of carbonyl (C=O) groups is 1. The molecule has 0 bridgehead atoms. The van der Waals surface area contributed by atoms with Crippen molar-refractivity contribution >= 4 is 17.5 Å². The number of rotatable bonds is 6. The standard InChI is InChI=1S/C16H24ClN3O2/c1-3-11(2)8-15(21)20-13-4-6-14(7-5-13)22-16-18-9-12(17)10-19-16/h9-11,13-14H,3-8H2,1-2H3,(H,20,21). The monoisotopic (exact) mass is 325 g/mol. The third-order valence-electron chi connectivity index (χ3n) is 4.14. The summed E-state index contributed by atoms with van der Waals surface area (Å²) in [6.07, 6.45) is 8.51. The molecule has 22 heavy (non-hydrogen) atoms. The zero-order valence-corrected chi connectivity index (χ0v) is 14.0. The van der Waals surface area contributed by atoms with E-state index in [1.54, 1.807) is 0 Å². The molecule has 1 amide bonds. The van der Waals surface area contributed by atoms with Crippen molar-refractivity contribution in [2.24, 2.45) is 5.92 Å². The second-order valence-electron chi connectivity index (χ2n) is 6.06. The van der Waals surface area contributed by atoms with Crippen molar-refractivity contribution in [3.05, 3.63) is 17.4 Å². The van der Waals surface area contributed by atoms with Gasteiger partial charge in [-0.2, -0.15) is 0 Å². The Balaban J connectivity index is 1.71. The summed E-state index contributed by atoms with van der Waals surface area (Å²) in [7, 11) is 0. The largest absolute Gasteiger partial charge is 0.460 e. The number of carbonyl (C=O) groups excluding carboxylic acids is 1. The average Bonchev–Trinajstić information content (AvgIpc) is 2.51. The van der Waals surface area contributed by atoms with E-state index in [2.05, 4.69) is 29.1 Å². The summed E-state index contributed by atoms with van der Waals surface area (Å²) >= 11 is 5.75. The van der Waals surface area contributed by atoms with Crippen LogP contribution in [0.4, 0.5) is 0 Å². The molecule has 1 N–H and O–H groups in total. The van der Waals surface area contributed by atoms with Gasteiger partial charge in [0.25, 0.3) is 0 Å². The number of hydrogen-bond donors (Lipinski definition) is 1. The van der Waals surface area contributed by atoms with Crippen LogP contribution < -0.4 is 10.1 Å². The molecule has 6 heteroatoms. The Morgan fingerprint density at radius 2 is 2.00 bits per heavy atom. The van der Waals surface area contributed by atoms with Gasteiger partial charge in [-0.3, -0.25) is 4.79 Å². The summed E-state index contributed by atoms with van der Waals surface area (Å²) in [5, 5.41) is 3.63. The number of nitrogens with one attached hydrogen (secondary N) is 1. The first-order valence-corrected chi connectivity index (χ1v) is 8.38. The molecule has 1 heterocycles. The van der Waals surface area contributed by atoms with Crippen LogP contribution in [0.5, 0.6) is 6.01 Å². The Morgan fingerprint density at radius 3 is 2.59 bits per heavy atom. The lowest BCUT2D eigenvalue weighted by Crippen LogP contribution is -2.40.